The number of likely N-dealkylation sites (tertiary alicyclic amines) is 1. The second kappa shape index (κ2) is 7.64. The quantitative estimate of drug-likeness (QED) is 0.891. The molecule has 0 unspecified atom stereocenters. The van der Waals surface area contributed by atoms with Gasteiger partial charge in [0.15, 0.2) is 0 Å². The molecule has 0 radical (unpaired) electrons. The van der Waals surface area contributed by atoms with Crippen molar-refractivity contribution >= 4 is 17.6 Å². The Labute approximate surface area is 142 Å². The smallest absolute Gasteiger partial charge is 0.321 e. The van der Waals surface area contributed by atoms with Gasteiger partial charge in [-0.25, -0.2) is 9.18 Å². The Kier molecular flexibility index (Phi) is 5.80. The number of carbonyl (C=O) groups excluding carboxylic acids is 2. The molecule has 1 aromatic carbocycles. The minimum atomic E-state index is -0.379. The van der Waals surface area contributed by atoms with Crippen molar-refractivity contribution < 1.29 is 14.0 Å². The fraction of sp³-hybridized carbons (Fsp3) is 0.556. The van der Waals surface area contributed by atoms with Crippen molar-refractivity contribution in [3.63, 3.8) is 0 Å². The van der Waals surface area contributed by atoms with Gasteiger partial charge in [0.2, 0.25) is 5.91 Å². The standard InChI is InChI=1S/C18H26FN3O2/c1-18(2,3)16(23)20-12-13-8-10-22(11-9-13)17(24)21-15-6-4-14(19)5-7-15/h4-7,13H,8-12H2,1-3H3,(H,20,23)(H,21,24). The largest absolute Gasteiger partial charge is 0.355 e. The highest BCUT2D eigenvalue weighted by Crippen LogP contribution is 2.19. The number of nitrogens with one attached hydrogen (secondary N) is 2. The van der Waals surface area contributed by atoms with Gasteiger partial charge >= 0.3 is 6.03 Å². The maximum absolute atomic E-state index is 12.9. The Morgan fingerprint density at radius 1 is 1.17 bits per heavy atom. The molecule has 3 amide bonds. The predicted octanol–water partition coefficient (Wildman–Crippen LogP) is 3.23. The van der Waals surface area contributed by atoms with Crippen molar-refractivity contribution in [3.8, 4) is 0 Å². The molecule has 0 spiro atoms. The summed E-state index contributed by atoms with van der Waals surface area (Å²) in [6, 6.07) is 5.56. The second-order valence-electron chi connectivity index (χ2n) is 7.33. The van der Waals surface area contributed by atoms with Crippen LogP contribution < -0.4 is 10.6 Å². The van der Waals surface area contributed by atoms with E-state index in [4.69, 9.17) is 0 Å². The van der Waals surface area contributed by atoms with Gasteiger partial charge in [-0.1, -0.05) is 20.8 Å². The highest BCUT2D eigenvalue weighted by Gasteiger charge is 2.25. The molecule has 0 saturated carbocycles. The molecule has 0 bridgehead atoms. The lowest BCUT2D eigenvalue weighted by molar-refractivity contribution is -0.128. The van der Waals surface area contributed by atoms with E-state index < -0.39 is 0 Å². The molecule has 24 heavy (non-hydrogen) atoms. The fourth-order valence-corrected chi connectivity index (χ4v) is 2.58. The Morgan fingerprint density at radius 2 is 1.75 bits per heavy atom. The van der Waals surface area contributed by atoms with Crippen LogP contribution in [0, 0.1) is 17.2 Å². The first kappa shape index (κ1) is 18.2. The maximum Gasteiger partial charge on any atom is 0.321 e. The molecule has 1 aliphatic heterocycles. The third kappa shape index (κ3) is 5.22. The molecule has 6 heteroatoms. The number of carbonyl (C=O) groups is 2. The van der Waals surface area contributed by atoms with E-state index in [9.17, 15) is 14.0 Å². The van der Waals surface area contributed by atoms with Crippen LogP contribution in [0.3, 0.4) is 0 Å². The second-order valence-corrected chi connectivity index (χ2v) is 7.33. The topological polar surface area (TPSA) is 61.4 Å². The SMILES string of the molecule is CC(C)(C)C(=O)NCC1CCN(C(=O)Nc2ccc(F)cc2)CC1. The van der Waals surface area contributed by atoms with Crippen molar-refractivity contribution in [2.24, 2.45) is 11.3 Å². The Hall–Kier alpha value is -2.11. The van der Waals surface area contributed by atoms with Gasteiger partial charge in [0.1, 0.15) is 5.82 Å². The number of benzene rings is 1. The van der Waals surface area contributed by atoms with E-state index in [2.05, 4.69) is 10.6 Å². The summed E-state index contributed by atoms with van der Waals surface area (Å²) in [5.41, 5.74) is 0.205. The summed E-state index contributed by atoms with van der Waals surface area (Å²) in [7, 11) is 0. The molecule has 0 atom stereocenters. The van der Waals surface area contributed by atoms with Crippen LogP contribution in [-0.4, -0.2) is 36.5 Å². The molecule has 1 aromatic rings. The number of rotatable bonds is 3. The van der Waals surface area contributed by atoms with Crippen molar-refractivity contribution in [2.75, 3.05) is 25.0 Å². The first-order valence-corrected chi connectivity index (χ1v) is 8.35. The van der Waals surface area contributed by atoms with E-state index in [0.29, 0.717) is 31.2 Å². The minimum absolute atomic E-state index is 0.0546. The van der Waals surface area contributed by atoms with Gasteiger partial charge in [-0.2, -0.15) is 0 Å². The molecule has 0 aliphatic carbocycles. The van der Waals surface area contributed by atoms with Gasteiger partial charge < -0.3 is 15.5 Å². The summed E-state index contributed by atoms with van der Waals surface area (Å²) >= 11 is 0. The Balaban J connectivity index is 1.75. The number of anilines is 1. The highest BCUT2D eigenvalue weighted by atomic mass is 19.1. The number of amides is 3. The Morgan fingerprint density at radius 3 is 2.29 bits per heavy atom. The number of halogens is 1. The van der Waals surface area contributed by atoms with Crippen LogP contribution in [0.5, 0.6) is 0 Å². The van der Waals surface area contributed by atoms with Gasteiger partial charge in [-0.05, 0) is 43.0 Å². The lowest BCUT2D eigenvalue weighted by atomic mass is 9.93. The summed E-state index contributed by atoms with van der Waals surface area (Å²) in [6.07, 6.45) is 1.72. The van der Waals surface area contributed by atoms with Crippen molar-refractivity contribution in [1.29, 1.82) is 0 Å². The van der Waals surface area contributed by atoms with E-state index in [1.54, 1.807) is 17.0 Å². The molecule has 1 saturated heterocycles. The zero-order valence-electron chi connectivity index (χ0n) is 14.6. The molecule has 1 fully saturated rings. The number of urea groups is 1. The fourth-order valence-electron chi connectivity index (χ4n) is 2.58. The molecule has 2 N–H and O–H groups in total. The number of hydrogen-bond donors (Lipinski definition) is 2. The van der Waals surface area contributed by atoms with Gasteiger partial charge in [0.05, 0.1) is 0 Å². The number of piperidine rings is 1. The normalized spacial score (nSPS) is 15.9. The Bertz CT molecular complexity index is 573. The molecule has 1 heterocycles. The number of nitrogens with zero attached hydrogens (tertiary/aromatic N) is 1. The summed E-state index contributed by atoms with van der Waals surface area (Å²) < 4.78 is 12.9. The molecule has 5 nitrogen and oxygen atoms in total. The molecular weight excluding hydrogens is 309 g/mol. The van der Waals surface area contributed by atoms with E-state index in [1.807, 2.05) is 20.8 Å². The average molecular weight is 335 g/mol. The van der Waals surface area contributed by atoms with Gasteiger partial charge in [0.25, 0.3) is 0 Å². The van der Waals surface area contributed by atoms with Crippen LogP contribution in [0.25, 0.3) is 0 Å². The zero-order valence-corrected chi connectivity index (χ0v) is 14.6. The number of hydrogen-bond acceptors (Lipinski definition) is 2. The third-order valence-corrected chi connectivity index (χ3v) is 4.23. The molecule has 1 aliphatic rings. The lowest BCUT2D eigenvalue weighted by Crippen LogP contribution is -2.44. The summed E-state index contributed by atoms with van der Waals surface area (Å²) in [6.45, 7) is 7.65. The summed E-state index contributed by atoms with van der Waals surface area (Å²) in [5, 5.41) is 5.76. The first-order chi connectivity index (χ1) is 11.3. The highest BCUT2D eigenvalue weighted by molar-refractivity contribution is 5.89. The van der Waals surface area contributed by atoms with E-state index in [0.717, 1.165) is 12.8 Å². The van der Waals surface area contributed by atoms with Crippen LogP contribution in [0.1, 0.15) is 33.6 Å². The van der Waals surface area contributed by atoms with E-state index >= 15 is 0 Å². The average Bonchev–Trinajstić information content (AvgIpc) is 2.54. The maximum atomic E-state index is 12.9. The van der Waals surface area contributed by atoms with Gasteiger partial charge in [-0.15, -0.1) is 0 Å². The predicted molar refractivity (Wildman–Crippen MR) is 92.2 cm³/mol. The van der Waals surface area contributed by atoms with Crippen molar-refractivity contribution in [1.82, 2.24) is 10.2 Å². The lowest BCUT2D eigenvalue weighted by Gasteiger charge is -2.32. The monoisotopic (exact) mass is 335 g/mol. The molecular formula is C18H26FN3O2. The molecule has 2 rings (SSSR count). The van der Waals surface area contributed by atoms with E-state index in [-0.39, 0.29) is 23.2 Å². The van der Waals surface area contributed by atoms with Crippen LogP contribution in [0.2, 0.25) is 0 Å². The van der Waals surface area contributed by atoms with Gasteiger partial charge in [0, 0.05) is 30.7 Å². The minimum Gasteiger partial charge on any atom is -0.355 e. The first-order valence-electron chi connectivity index (χ1n) is 8.35. The van der Waals surface area contributed by atoms with Crippen LogP contribution in [0.15, 0.2) is 24.3 Å². The van der Waals surface area contributed by atoms with Crippen LogP contribution in [0.4, 0.5) is 14.9 Å². The van der Waals surface area contributed by atoms with E-state index in [1.165, 1.54) is 12.1 Å². The molecule has 132 valence electrons. The third-order valence-electron chi connectivity index (χ3n) is 4.23. The summed E-state index contributed by atoms with van der Waals surface area (Å²) in [5.74, 6) is 0.122. The molecule has 0 aromatic heterocycles. The van der Waals surface area contributed by atoms with Crippen LogP contribution >= 0.6 is 0 Å². The van der Waals surface area contributed by atoms with Crippen molar-refractivity contribution in [3.05, 3.63) is 30.1 Å². The van der Waals surface area contributed by atoms with Crippen molar-refractivity contribution in [2.45, 2.75) is 33.6 Å². The zero-order chi connectivity index (χ0) is 17.7. The van der Waals surface area contributed by atoms with Crippen LogP contribution in [-0.2, 0) is 4.79 Å². The summed E-state index contributed by atoms with van der Waals surface area (Å²) in [4.78, 5) is 25.9. The van der Waals surface area contributed by atoms with Gasteiger partial charge in [-0.3, -0.25) is 4.79 Å².